The fourth-order valence-electron chi connectivity index (χ4n) is 3.36. The largest absolute Gasteiger partial charge is 0.538 e. The fraction of sp³-hybridized carbons (Fsp3) is 0.0455. The lowest BCUT2D eigenvalue weighted by Gasteiger charge is -2.29. The van der Waals surface area contributed by atoms with Crippen molar-refractivity contribution in [3.8, 4) is 17.4 Å². The van der Waals surface area contributed by atoms with Crippen molar-refractivity contribution in [1.82, 2.24) is 5.27 Å². The van der Waals surface area contributed by atoms with Crippen LogP contribution in [-0.4, -0.2) is 18.3 Å². The van der Waals surface area contributed by atoms with Crippen LogP contribution in [0.5, 0.6) is 11.7 Å². The summed E-state index contributed by atoms with van der Waals surface area (Å²) in [6, 6.07) is 22.0. The monoisotopic (exact) mass is 417 g/mol. The molecule has 1 amide bonds. The molecule has 5 rings (SSSR count). The maximum Gasteiger partial charge on any atom is 0.332 e. The van der Waals surface area contributed by atoms with E-state index in [1.807, 2.05) is 48.5 Å². The van der Waals surface area contributed by atoms with Gasteiger partial charge in [0.25, 0.3) is 0 Å². The van der Waals surface area contributed by atoms with Gasteiger partial charge in [0.2, 0.25) is 5.69 Å². The number of carbonyl (C=O) groups excluding carboxylic acids is 1. The van der Waals surface area contributed by atoms with Crippen molar-refractivity contribution in [1.29, 1.82) is 0 Å². The van der Waals surface area contributed by atoms with Crippen LogP contribution in [0.3, 0.4) is 0 Å². The summed E-state index contributed by atoms with van der Waals surface area (Å²) >= 11 is 1.58. The summed E-state index contributed by atoms with van der Waals surface area (Å²) in [4.78, 5) is 17.1. The van der Waals surface area contributed by atoms with Crippen molar-refractivity contribution in [2.75, 3.05) is 12.0 Å². The Hall–Kier alpha value is -3.78. The zero-order chi connectivity index (χ0) is 20.7. The van der Waals surface area contributed by atoms with E-state index in [2.05, 4.69) is 5.27 Å². The van der Waals surface area contributed by atoms with E-state index in [4.69, 9.17) is 9.26 Å². The molecule has 8 heteroatoms. The number of anilines is 2. The van der Waals surface area contributed by atoms with Gasteiger partial charge in [0.1, 0.15) is 5.75 Å². The summed E-state index contributed by atoms with van der Waals surface area (Å²) in [6.45, 7) is 0. The molecule has 0 fully saturated rings. The minimum absolute atomic E-state index is 0.184. The van der Waals surface area contributed by atoms with Gasteiger partial charge in [0.15, 0.2) is 5.95 Å². The van der Waals surface area contributed by atoms with Crippen LogP contribution in [-0.2, 0) is 0 Å². The molecule has 3 aromatic carbocycles. The van der Waals surface area contributed by atoms with Crippen LogP contribution < -0.4 is 19.4 Å². The Kier molecular flexibility index (Phi) is 4.40. The van der Waals surface area contributed by atoms with Gasteiger partial charge in [-0.3, -0.25) is 9.69 Å². The SMILES string of the molecule is COc1ccc(-[n+]2noc([O-])c2C(=O)N2c3ccccc3Sc3ccccc32)cc1. The zero-order valence-corrected chi connectivity index (χ0v) is 16.6. The van der Waals surface area contributed by atoms with Gasteiger partial charge in [-0.25, -0.2) is 0 Å². The van der Waals surface area contributed by atoms with Crippen molar-refractivity contribution in [3.63, 3.8) is 0 Å². The summed E-state index contributed by atoms with van der Waals surface area (Å²) in [7, 11) is 1.56. The molecule has 1 aliphatic rings. The third-order valence-electron chi connectivity index (χ3n) is 4.77. The molecule has 148 valence electrons. The number of rotatable bonds is 3. The second-order valence-electron chi connectivity index (χ2n) is 6.50. The average Bonchev–Trinajstić information content (AvgIpc) is 3.18. The average molecular weight is 417 g/mol. The van der Waals surface area contributed by atoms with Gasteiger partial charge in [-0.2, -0.15) is 0 Å². The molecule has 0 unspecified atom stereocenters. The van der Waals surface area contributed by atoms with Crippen molar-refractivity contribution in [2.24, 2.45) is 0 Å². The molecule has 0 spiro atoms. The highest BCUT2D eigenvalue weighted by Gasteiger charge is 2.37. The normalized spacial score (nSPS) is 12.2. The molecule has 0 N–H and O–H groups in total. The van der Waals surface area contributed by atoms with Crippen LogP contribution in [0.15, 0.2) is 87.1 Å². The molecule has 0 bridgehead atoms. The van der Waals surface area contributed by atoms with Crippen LogP contribution in [0.4, 0.5) is 11.4 Å². The molecule has 7 nitrogen and oxygen atoms in total. The molecule has 1 aromatic heterocycles. The molecule has 0 atom stereocenters. The second-order valence-corrected chi connectivity index (χ2v) is 7.58. The van der Waals surface area contributed by atoms with E-state index in [0.717, 1.165) is 9.79 Å². The van der Waals surface area contributed by atoms with Crippen LogP contribution in [0, 0.1) is 0 Å². The van der Waals surface area contributed by atoms with E-state index in [-0.39, 0.29) is 5.69 Å². The van der Waals surface area contributed by atoms with Gasteiger partial charge in [-0.1, -0.05) is 36.0 Å². The molecule has 30 heavy (non-hydrogen) atoms. The first kappa shape index (κ1) is 18.3. The van der Waals surface area contributed by atoms with E-state index in [0.29, 0.717) is 22.8 Å². The van der Waals surface area contributed by atoms with Crippen LogP contribution in [0.25, 0.3) is 5.69 Å². The van der Waals surface area contributed by atoms with Gasteiger partial charge in [0.05, 0.1) is 23.8 Å². The standard InChI is InChI=1S/C22H15N3O4S/c1-28-15-12-10-14(11-13-15)25-20(22(27)29-23-25)21(26)24-16-6-2-4-8-18(16)30-19-9-5-3-7-17(19)24/h2-13H,1H3. The van der Waals surface area contributed by atoms with Crippen molar-refractivity contribution >= 4 is 29.0 Å². The lowest BCUT2D eigenvalue weighted by Crippen LogP contribution is -2.43. The zero-order valence-electron chi connectivity index (χ0n) is 15.8. The Balaban J connectivity index is 1.65. The van der Waals surface area contributed by atoms with Gasteiger partial charge in [-0.15, -0.1) is 0 Å². The molecule has 4 aromatic rings. The van der Waals surface area contributed by atoms with Crippen molar-refractivity contribution in [3.05, 3.63) is 78.5 Å². The Bertz CT molecular complexity index is 1210. The van der Waals surface area contributed by atoms with E-state index >= 15 is 0 Å². The maximum absolute atomic E-state index is 13.7. The summed E-state index contributed by atoms with van der Waals surface area (Å²) in [5, 5.41) is 16.3. The number of methoxy groups -OCH3 is 1. The minimum Gasteiger partial charge on any atom is -0.538 e. The number of hydrogen-bond acceptors (Lipinski definition) is 6. The molecule has 2 heterocycles. The molecule has 0 saturated heterocycles. The first-order valence-corrected chi connectivity index (χ1v) is 9.93. The van der Waals surface area contributed by atoms with E-state index in [1.165, 1.54) is 9.58 Å². The number of fused-ring (bicyclic) bond motifs is 2. The predicted molar refractivity (Wildman–Crippen MR) is 108 cm³/mol. The molecular formula is C22H15N3O4S. The van der Waals surface area contributed by atoms with Crippen molar-refractivity contribution < 1.29 is 23.8 Å². The van der Waals surface area contributed by atoms with Crippen LogP contribution in [0.2, 0.25) is 0 Å². The Labute approximate surface area is 176 Å². The third kappa shape index (κ3) is 2.89. The highest BCUT2D eigenvalue weighted by atomic mass is 32.2. The first-order chi connectivity index (χ1) is 14.7. The van der Waals surface area contributed by atoms with Gasteiger partial charge < -0.3 is 14.4 Å². The summed E-state index contributed by atoms with van der Waals surface area (Å²) < 4.78 is 11.3. The van der Waals surface area contributed by atoms with E-state index < -0.39 is 11.9 Å². The fourth-order valence-corrected chi connectivity index (χ4v) is 4.41. The smallest absolute Gasteiger partial charge is 0.332 e. The van der Waals surface area contributed by atoms with Crippen molar-refractivity contribution in [2.45, 2.75) is 9.79 Å². The van der Waals surface area contributed by atoms with E-state index in [9.17, 15) is 9.90 Å². The number of aromatic nitrogens is 2. The first-order valence-electron chi connectivity index (χ1n) is 9.11. The Morgan fingerprint density at radius 3 is 2.20 bits per heavy atom. The van der Waals surface area contributed by atoms with Gasteiger partial charge >= 0.3 is 11.6 Å². The van der Waals surface area contributed by atoms with Gasteiger partial charge in [0, 0.05) is 21.9 Å². The number of nitrogens with zero attached hydrogens (tertiary/aromatic N) is 3. The Morgan fingerprint density at radius 2 is 1.60 bits per heavy atom. The molecular weight excluding hydrogens is 402 g/mol. The topological polar surface area (TPSA) is 82.5 Å². The minimum atomic E-state index is -0.802. The summed E-state index contributed by atoms with van der Waals surface area (Å²) in [5.74, 6) is -0.671. The third-order valence-corrected chi connectivity index (χ3v) is 5.90. The molecule has 0 aliphatic carbocycles. The molecule has 1 aliphatic heterocycles. The lowest BCUT2D eigenvalue weighted by atomic mass is 10.2. The number of ether oxygens (including phenoxy) is 1. The lowest BCUT2D eigenvalue weighted by molar-refractivity contribution is -0.672. The van der Waals surface area contributed by atoms with E-state index in [1.54, 1.807) is 43.1 Å². The molecule has 0 radical (unpaired) electrons. The number of hydrogen-bond donors (Lipinski definition) is 0. The predicted octanol–water partition coefficient (Wildman–Crippen LogP) is 3.48. The van der Waals surface area contributed by atoms with Crippen LogP contribution >= 0.6 is 11.8 Å². The number of carbonyl (C=O) groups is 1. The van der Waals surface area contributed by atoms with Gasteiger partial charge in [-0.05, 0) is 41.1 Å². The molecule has 0 saturated carbocycles. The maximum atomic E-state index is 13.7. The Morgan fingerprint density at radius 1 is 1.00 bits per heavy atom. The summed E-state index contributed by atoms with van der Waals surface area (Å²) in [5.41, 5.74) is 1.73. The highest BCUT2D eigenvalue weighted by molar-refractivity contribution is 7.99. The quantitative estimate of drug-likeness (QED) is 0.475. The number of amides is 1. The van der Waals surface area contributed by atoms with Crippen LogP contribution in [0.1, 0.15) is 10.5 Å². The number of benzene rings is 3. The summed E-state index contributed by atoms with van der Waals surface area (Å²) in [6.07, 6.45) is 0. The highest BCUT2D eigenvalue weighted by Crippen LogP contribution is 2.48. The second kappa shape index (κ2) is 7.23. The number of para-hydroxylation sites is 2.